The van der Waals surface area contributed by atoms with Crippen molar-refractivity contribution in [2.75, 3.05) is 25.9 Å². The molecular formula is C7H10N4OS. The SMILES string of the molecule is CSC(=NC#N)N1CCNC(=O)C1. The minimum atomic E-state index is -0.0223. The molecule has 0 aromatic rings. The zero-order chi connectivity index (χ0) is 9.68. The van der Waals surface area contributed by atoms with Crippen LogP contribution in [0.5, 0.6) is 0 Å². The van der Waals surface area contributed by atoms with Crippen LogP contribution in [0.1, 0.15) is 0 Å². The smallest absolute Gasteiger partial charge is 0.239 e. The molecule has 0 atom stereocenters. The van der Waals surface area contributed by atoms with Gasteiger partial charge in [0.25, 0.3) is 0 Å². The fraction of sp³-hybridized carbons (Fsp3) is 0.571. The van der Waals surface area contributed by atoms with Crippen molar-refractivity contribution in [1.29, 1.82) is 5.26 Å². The van der Waals surface area contributed by atoms with Gasteiger partial charge >= 0.3 is 0 Å². The molecule has 0 aromatic heterocycles. The number of piperazine rings is 1. The molecule has 1 rings (SSSR count). The number of rotatable bonds is 0. The van der Waals surface area contributed by atoms with E-state index in [2.05, 4.69) is 10.3 Å². The van der Waals surface area contributed by atoms with Gasteiger partial charge in [0.1, 0.15) is 0 Å². The lowest BCUT2D eigenvalue weighted by atomic mass is 10.4. The molecule has 0 aliphatic carbocycles. The maximum Gasteiger partial charge on any atom is 0.239 e. The molecule has 70 valence electrons. The van der Waals surface area contributed by atoms with Gasteiger partial charge in [-0.05, 0) is 6.26 Å². The molecule has 0 aromatic carbocycles. The van der Waals surface area contributed by atoms with Gasteiger partial charge in [-0.25, -0.2) is 0 Å². The fourth-order valence-electron chi connectivity index (χ4n) is 1.09. The monoisotopic (exact) mass is 198 g/mol. The van der Waals surface area contributed by atoms with Crippen molar-refractivity contribution in [2.24, 2.45) is 4.99 Å². The van der Waals surface area contributed by atoms with Gasteiger partial charge in [-0.3, -0.25) is 4.79 Å². The van der Waals surface area contributed by atoms with Crippen LogP contribution in [0.3, 0.4) is 0 Å². The predicted octanol–water partition coefficient (Wildman–Crippen LogP) is -0.382. The molecule has 0 saturated carbocycles. The molecule has 1 aliphatic heterocycles. The summed E-state index contributed by atoms with van der Waals surface area (Å²) in [7, 11) is 0. The van der Waals surface area contributed by atoms with Gasteiger partial charge in [-0.2, -0.15) is 5.26 Å². The van der Waals surface area contributed by atoms with Gasteiger partial charge in [-0.1, -0.05) is 11.8 Å². The molecule has 1 heterocycles. The van der Waals surface area contributed by atoms with Crippen molar-refractivity contribution in [2.45, 2.75) is 0 Å². The summed E-state index contributed by atoms with van der Waals surface area (Å²) in [6, 6.07) is 0. The van der Waals surface area contributed by atoms with Crippen molar-refractivity contribution in [1.82, 2.24) is 10.2 Å². The second-order valence-electron chi connectivity index (χ2n) is 2.47. The van der Waals surface area contributed by atoms with Crippen molar-refractivity contribution < 1.29 is 4.79 Å². The van der Waals surface area contributed by atoms with Crippen molar-refractivity contribution >= 4 is 22.8 Å². The third kappa shape index (κ3) is 2.63. The summed E-state index contributed by atoms with van der Waals surface area (Å²) in [4.78, 5) is 16.4. The Hall–Kier alpha value is -1.22. The lowest BCUT2D eigenvalue weighted by Gasteiger charge is -2.27. The van der Waals surface area contributed by atoms with Gasteiger partial charge in [0.15, 0.2) is 5.17 Å². The molecule has 1 N–H and O–H groups in total. The largest absolute Gasteiger partial charge is 0.353 e. The number of nitrogens with one attached hydrogen (secondary N) is 1. The number of amidine groups is 1. The number of nitriles is 1. The van der Waals surface area contributed by atoms with Crippen LogP contribution >= 0.6 is 11.8 Å². The van der Waals surface area contributed by atoms with Crippen LogP contribution < -0.4 is 5.32 Å². The molecule has 0 bridgehead atoms. The Labute approximate surface area is 80.8 Å². The average molecular weight is 198 g/mol. The van der Waals surface area contributed by atoms with E-state index in [0.29, 0.717) is 24.8 Å². The van der Waals surface area contributed by atoms with E-state index in [1.807, 2.05) is 6.26 Å². The molecule has 5 nitrogen and oxygen atoms in total. The minimum absolute atomic E-state index is 0.0223. The molecule has 0 radical (unpaired) electrons. The Morgan fingerprint density at radius 3 is 3.15 bits per heavy atom. The zero-order valence-electron chi connectivity index (χ0n) is 7.28. The summed E-state index contributed by atoms with van der Waals surface area (Å²) < 4.78 is 0. The Bertz CT molecular complexity index is 270. The van der Waals surface area contributed by atoms with Gasteiger partial charge in [-0.15, -0.1) is 4.99 Å². The third-order valence-electron chi connectivity index (χ3n) is 1.64. The van der Waals surface area contributed by atoms with Crippen LogP contribution in [0.15, 0.2) is 4.99 Å². The quantitative estimate of drug-likeness (QED) is 0.327. The highest BCUT2D eigenvalue weighted by atomic mass is 32.2. The van der Waals surface area contributed by atoms with Crippen LogP contribution in [0.4, 0.5) is 0 Å². The second-order valence-corrected chi connectivity index (χ2v) is 3.24. The normalized spacial score (nSPS) is 18.0. The molecule has 1 saturated heterocycles. The van der Waals surface area contributed by atoms with Crippen molar-refractivity contribution in [3.63, 3.8) is 0 Å². The summed E-state index contributed by atoms with van der Waals surface area (Å²) in [6.45, 7) is 1.62. The minimum Gasteiger partial charge on any atom is -0.353 e. The maximum atomic E-state index is 11.0. The van der Waals surface area contributed by atoms with Gasteiger partial charge in [0.2, 0.25) is 12.1 Å². The molecule has 1 aliphatic rings. The van der Waals surface area contributed by atoms with E-state index in [4.69, 9.17) is 5.26 Å². The van der Waals surface area contributed by atoms with E-state index >= 15 is 0 Å². The van der Waals surface area contributed by atoms with E-state index in [9.17, 15) is 4.79 Å². The van der Waals surface area contributed by atoms with Gasteiger partial charge in [0, 0.05) is 13.1 Å². The first-order chi connectivity index (χ1) is 6.27. The summed E-state index contributed by atoms with van der Waals surface area (Å²) in [5, 5.41) is 11.7. The lowest BCUT2D eigenvalue weighted by Crippen LogP contribution is -2.49. The summed E-state index contributed by atoms with van der Waals surface area (Å²) in [5.41, 5.74) is 0. The van der Waals surface area contributed by atoms with Crippen LogP contribution in [-0.2, 0) is 4.79 Å². The maximum absolute atomic E-state index is 11.0. The first kappa shape index (κ1) is 9.86. The predicted molar refractivity (Wildman–Crippen MR) is 51.1 cm³/mol. The summed E-state index contributed by atoms with van der Waals surface area (Å²) in [5.74, 6) is -0.0223. The molecule has 0 unspecified atom stereocenters. The van der Waals surface area contributed by atoms with Crippen LogP contribution in [-0.4, -0.2) is 41.9 Å². The number of amides is 1. The van der Waals surface area contributed by atoms with E-state index in [-0.39, 0.29) is 5.91 Å². The molecule has 6 heteroatoms. The van der Waals surface area contributed by atoms with Crippen LogP contribution in [0, 0.1) is 11.5 Å². The first-order valence-electron chi connectivity index (χ1n) is 3.80. The van der Waals surface area contributed by atoms with Crippen molar-refractivity contribution in [3.8, 4) is 6.19 Å². The number of carbonyl (C=O) groups is 1. The van der Waals surface area contributed by atoms with E-state index < -0.39 is 0 Å². The zero-order valence-corrected chi connectivity index (χ0v) is 8.10. The lowest BCUT2D eigenvalue weighted by molar-refractivity contribution is -0.122. The molecule has 0 spiro atoms. The topological polar surface area (TPSA) is 68.5 Å². The van der Waals surface area contributed by atoms with E-state index in [0.717, 1.165) is 0 Å². The van der Waals surface area contributed by atoms with Gasteiger partial charge < -0.3 is 10.2 Å². The molecule has 13 heavy (non-hydrogen) atoms. The number of hydrogen-bond acceptors (Lipinski definition) is 4. The summed E-state index contributed by atoms with van der Waals surface area (Å²) >= 11 is 1.38. The van der Waals surface area contributed by atoms with Gasteiger partial charge in [0.05, 0.1) is 6.54 Å². The standard InChI is InChI=1S/C7H10N4OS/c1-13-7(10-5-8)11-3-2-9-6(12)4-11/h2-4H2,1H3,(H,9,12). The second kappa shape index (κ2) is 4.72. The number of hydrogen-bond donors (Lipinski definition) is 1. The van der Waals surface area contributed by atoms with Crippen molar-refractivity contribution in [3.05, 3.63) is 0 Å². The van der Waals surface area contributed by atoms with E-state index in [1.165, 1.54) is 11.8 Å². The Morgan fingerprint density at radius 1 is 1.85 bits per heavy atom. The summed E-state index contributed by atoms with van der Waals surface area (Å²) in [6.07, 6.45) is 3.56. The highest BCUT2D eigenvalue weighted by Crippen LogP contribution is 2.06. The molecule has 1 amide bonds. The number of thioether (sulfide) groups is 1. The highest BCUT2D eigenvalue weighted by molar-refractivity contribution is 8.13. The van der Waals surface area contributed by atoms with Crippen LogP contribution in [0.2, 0.25) is 0 Å². The Morgan fingerprint density at radius 2 is 2.62 bits per heavy atom. The van der Waals surface area contributed by atoms with E-state index in [1.54, 1.807) is 11.1 Å². The molecular weight excluding hydrogens is 188 g/mol. The highest BCUT2D eigenvalue weighted by Gasteiger charge is 2.18. The number of nitrogens with zero attached hydrogens (tertiary/aromatic N) is 3. The number of carbonyl (C=O) groups excluding carboxylic acids is 1. The Kier molecular flexibility index (Phi) is 3.58. The van der Waals surface area contributed by atoms with Crippen LogP contribution in [0.25, 0.3) is 0 Å². The fourth-order valence-corrected chi connectivity index (χ4v) is 1.64. The first-order valence-corrected chi connectivity index (χ1v) is 5.03. The average Bonchev–Trinajstić information content (AvgIpc) is 2.14. The third-order valence-corrected chi connectivity index (χ3v) is 2.35. The Balaban J connectivity index is 2.64. The molecule has 1 fully saturated rings. The number of aliphatic imine (C=N–C) groups is 1.